The molecule has 1 fully saturated rings. The van der Waals surface area contributed by atoms with Gasteiger partial charge in [-0.25, -0.2) is 0 Å². The van der Waals surface area contributed by atoms with Gasteiger partial charge in [-0.3, -0.25) is 4.79 Å². The molecule has 0 radical (unpaired) electrons. The predicted molar refractivity (Wildman–Crippen MR) is 70.1 cm³/mol. The van der Waals surface area contributed by atoms with E-state index in [4.69, 9.17) is 10.5 Å². The number of nitrogens with one attached hydrogen (secondary N) is 1. The van der Waals surface area contributed by atoms with Gasteiger partial charge in [0.2, 0.25) is 5.91 Å². The number of rotatable bonds is 4. The van der Waals surface area contributed by atoms with Crippen molar-refractivity contribution in [3.8, 4) is 0 Å². The third kappa shape index (κ3) is 3.82. The van der Waals surface area contributed by atoms with E-state index in [2.05, 4.69) is 5.32 Å². The molecule has 0 aromatic heterocycles. The number of hydrogen-bond acceptors (Lipinski definition) is 3. The molecule has 98 valence electrons. The number of hydrogen-bond donors (Lipinski definition) is 2. The third-order valence-corrected chi connectivity index (χ3v) is 3.20. The lowest BCUT2D eigenvalue weighted by atomic mass is 10.0. The van der Waals surface area contributed by atoms with E-state index in [0.717, 1.165) is 31.6 Å². The highest BCUT2D eigenvalue weighted by Gasteiger charge is 2.20. The summed E-state index contributed by atoms with van der Waals surface area (Å²) in [6.45, 7) is 1.44. The average molecular weight is 248 g/mol. The second-order valence-electron chi connectivity index (χ2n) is 4.69. The Morgan fingerprint density at radius 3 is 2.67 bits per heavy atom. The molecule has 3 N–H and O–H groups in total. The average Bonchev–Trinajstić information content (AvgIpc) is 2.41. The van der Waals surface area contributed by atoms with Crippen molar-refractivity contribution in [1.29, 1.82) is 0 Å². The number of benzene rings is 1. The minimum Gasteiger partial charge on any atom is -0.381 e. The van der Waals surface area contributed by atoms with Crippen molar-refractivity contribution in [3.05, 3.63) is 35.9 Å². The van der Waals surface area contributed by atoms with E-state index in [0.29, 0.717) is 6.42 Å². The molecule has 1 aromatic carbocycles. The first-order valence-corrected chi connectivity index (χ1v) is 6.43. The van der Waals surface area contributed by atoms with Crippen LogP contribution in [0.25, 0.3) is 0 Å². The Bertz CT molecular complexity index is 375. The van der Waals surface area contributed by atoms with E-state index in [1.165, 1.54) is 0 Å². The van der Waals surface area contributed by atoms with Gasteiger partial charge in [0.15, 0.2) is 0 Å². The summed E-state index contributed by atoms with van der Waals surface area (Å²) in [4.78, 5) is 11.9. The zero-order valence-electron chi connectivity index (χ0n) is 10.5. The van der Waals surface area contributed by atoms with E-state index < -0.39 is 6.04 Å². The zero-order valence-corrected chi connectivity index (χ0v) is 10.5. The Hall–Kier alpha value is -1.39. The normalized spacial score (nSPS) is 18.3. The summed E-state index contributed by atoms with van der Waals surface area (Å²) in [5.41, 5.74) is 7.01. The molecule has 4 nitrogen and oxygen atoms in total. The summed E-state index contributed by atoms with van der Waals surface area (Å²) in [5, 5.41) is 2.99. The van der Waals surface area contributed by atoms with Crippen molar-refractivity contribution in [2.75, 3.05) is 13.2 Å². The van der Waals surface area contributed by atoms with Gasteiger partial charge in [0.25, 0.3) is 0 Å². The lowest BCUT2D eigenvalue weighted by Gasteiger charge is -2.24. The Morgan fingerprint density at radius 1 is 1.33 bits per heavy atom. The predicted octanol–water partition coefficient (Wildman–Crippen LogP) is 0.852. The summed E-state index contributed by atoms with van der Waals surface area (Å²) < 4.78 is 5.25. The maximum absolute atomic E-state index is 11.9. The van der Waals surface area contributed by atoms with Crippen molar-refractivity contribution < 1.29 is 9.53 Å². The highest BCUT2D eigenvalue weighted by Crippen LogP contribution is 2.07. The first-order valence-electron chi connectivity index (χ1n) is 6.43. The van der Waals surface area contributed by atoms with Crippen molar-refractivity contribution in [3.63, 3.8) is 0 Å². The summed E-state index contributed by atoms with van der Waals surface area (Å²) >= 11 is 0. The third-order valence-electron chi connectivity index (χ3n) is 3.20. The standard InChI is InChI=1S/C14H20N2O2/c15-13(10-11-4-2-1-3-5-11)14(17)16-12-6-8-18-9-7-12/h1-5,12-13H,6-10,15H2,(H,16,17)/t13-/m1/s1. The molecular weight excluding hydrogens is 228 g/mol. The van der Waals surface area contributed by atoms with Crippen molar-refractivity contribution in [2.24, 2.45) is 5.73 Å². The van der Waals surface area contributed by atoms with Crippen LogP contribution in [0, 0.1) is 0 Å². The molecule has 0 aliphatic carbocycles. The van der Waals surface area contributed by atoms with Crippen LogP contribution < -0.4 is 11.1 Å². The van der Waals surface area contributed by atoms with Gasteiger partial charge in [-0.05, 0) is 24.8 Å². The van der Waals surface area contributed by atoms with Gasteiger partial charge in [0, 0.05) is 19.3 Å². The van der Waals surface area contributed by atoms with Crippen LogP contribution in [-0.2, 0) is 16.0 Å². The molecule has 1 aromatic rings. The summed E-state index contributed by atoms with van der Waals surface area (Å²) in [7, 11) is 0. The lowest BCUT2D eigenvalue weighted by Crippen LogP contribution is -2.48. The molecule has 1 atom stereocenters. The second-order valence-corrected chi connectivity index (χ2v) is 4.69. The maximum Gasteiger partial charge on any atom is 0.237 e. The number of amides is 1. The van der Waals surface area contributed by atoms with E-state index in [1.54, 1.807) is 0 Å². The van der Waals surface area contributed by atoms with Crippen molar-refractivity contribution >= 4 is 5.91 Å². The monoisotopic (exact) mass is 248 g/mol. The Kier molecular flexibility index (Phi) is 4.73. The van der Waals surface area contributed by atoms with Crippen LogP contribution in [0.3, 0.4) is 0 Å². The van der Waals surface area contributed by atoms with Crippen molar-refractivity contribution in [2.45, 2.75) is 31.3 Å². The van der Waals surface area contributed by atoms with Crippen LogP contribution in [0.1, 0.15) is 18.4 Å². The first-order chi connectivity index (χ1) is 8.75. The van der Waals surface area contributed by atoms with Gasteiger partial charge in [0.05, 0.1) is 6.04 Å². The minimum atomic E-state index is -0.477. The highest BCUT2D eigenvalue weighted by molar-refractivity contribution is 5.82. The van der Waals surface area contributed by atoms with Gasteiger partial charge in [-0.1, -0.05) is 30.3 Å². The first kappa shape index (κ1) is 13.1. The van der Waals surface area contributed by atoms with Crippen molar-refractivity contribution in [1.82, 2.24) is 5.32 Å². The summed E-state index contributed by atoms with van der Waals surface area (Å²) in [6.07, 6.45) is 2.34. The van der Waals surface area contributed by atoms with E-state index in [-0.39, 0.29) is 11.9 Å². The Balaban J connectivity index is 1.81. The molecule has 0 saturated carbocycles. The fourth-order valence-electron chi connectivity index (χ4n) is 2.11. The van der Waals surface area contributed by atoms with Crippen LogP contribution in [0.2, 0.25) is 0 Å². The Morgan fingerprint density at radius 2 is 2.00 bits per heavy atom. The fraction of sp³-hybridized carbons (Fsp3) is 0.500. The topological polar surface area (TPSA) is 64.4 Å². The zero-order chi connectivity index (χ0) is 12.8. The largest absolute Gasteiger partial charge is 0.381 e. The van der Waals surface area contributed by atoms with Gasteiger partial charge in [-0.2, -0.15) is 0 Å². The number of ether oxygens (including phenoxy) is 1. The molecule has 1 heterocycles. The number of carbonyl (C=O) groups is 1. The molecule has 1 amide bonds. The van der Waals surface area contributed by atoms with E-state index >= 15 is 0 Å². The lowest BCUT2D eigenvalue weighted by molar-refractivity contribution is -0.123. The quantitative estimate of drug-likeness (QED) is 0.830. The number of nitrogens with two attached hydrogens (primary N) is 1. The van der Waals surface area contributed by atoms with Crippen LogP contribution in [-0.4, -0.2) is 31.2 Å². The second kappa shape index (κ2) is 6.52. The maximum atomic E-state index is 11.9. The molecular formula is C14H20N2O2. The van der Waals surface area contributed by atoms with Gasteiger partial charge < -0.3 is 15.8 Å². The highest BCUT2D eigenvalue weighted by atomic mass is 16.5. The molecule has 0 unspecified atom stereocenters. The molecule has 2 rings (SSSR count). The van der Waals surface area contributed by atoms with Gasteiger partial charge in [0.1, 0.15) is 0 Å². The van der Waals surface area contributed by atoms with Crippen LogP contribution in [0.4, 0.5) is 0 Å². The van der Waals surface area contributed by atoms with Crippen LogP contribution in [0.15, 0.2) is 30.3 Å². The molecule has 0 spiro atoms. The molecule has 1 saturated heterocycles. The fourth-order valence-corrected chi connectivity index (χ4v) is 2.11. The molecule has 0 bridgehead atoms. The smallest absolute Gasteiger partial charge is 0.237 e. The van der Waals surface area contributed by atoms with E-state index in [9.17, 15) is 4.79 Å². The summed E-state index contributed by atoms with van der Waals surface area (Å²) in [5.74, 6) is -0.0641. The molecule has 1 aliphatic rings. The van der Waals surface area contributed by atoms with Gasteiger partial charge in [-0.15, -0.1) is 0 Å². The Labute approximate surface area is 108 Å². The van der Waals surface area contributed by atoms with Crippen LogP contribution >= 0.6 is 0 Å². The minimum absolute atomic E-state index is 0.0641. The van der Waals surface area contributed by atoms with Crippen LogP contribution in [0.5, 0.6) is 0 Å². The van der Waals surface area contributed by atoms with Gasteiger partial charge >= 0.3 is 0 Å². The number of carbonyl (C=O) groups excluding carboxylic acids is 1. The SMILES string of the molecule is N[C@H](Cc1ccccc1)C(=O)NC1CCOCC1. The summed E-state index contributed by atoms with van der Waals surface area (Å²) in [6, 6.07) is 9.58. The van der Waals surface area contributed by atoms with E-state index in [1.807, 2.05) is 30.3 Å². The molecule has 4 heteroatoms. The molecule has 18 heavy (non-hydrogen) atoms. The molecule has 1 aliphatic heterocycles.